The Kier molecular flexibility index (Phi) is 49.2. The van der Waals surface area contributed by atoms with Crippen LogP contribution in [-0.2, 0) is 4.79 Å². The topological polar surface area (TPSA) is 69.6 Å². The molecule has 0 aromatic carbocycles. The lowest BCUT2D eigenvalue weighted by Crippen LogP contribution is -2.45. The summed E-state index contributed by atoms with van der Waals surface area (Å²) in [5.41, 5.74) is 0. The van der Waals surface area contributed by atoms with Crippen LogP contribution in [0.1, 0.15) is 316 Å². The maximum atomic E-state index is 12.3. The number of hydrogen-bond donors (Lipinski definition) is 3. The lowest BCUT2D eigenvalue weighted by molar-refractivity contribution is -0.123. The van der Waals surface area contributed by atoms with Crippen LogP contribution in [0.3, 0.4) is 0 Å². The van der Waals surface area contributed by atoms with E-state index in [1.54, 1.807) is 0 Å². The number of amides is 1. The Balaban J connectivity index is 3.24. The lowest BCUT2D eigenvalue weighted by atomic mass is 10.0. The van der Waals surface area contributed by atoms with Gasteiger partial charge in [0, 0.05) is 6.42 Å². The predicted molar refractivity (Wildman–Crippen MR) is 253 cm³/mol. The minimum atomic E-state index is -0.650. The first kappa shape index (κ1) is 56.4. The number of unbranched alkanes of at least 4 members (excludes halogenated alkanes) is 43. The summed E-state index contributed by atoms with van der Waals surface area (Å²) in [6.45, 7) is 4.33. The van der Waals surface area contributed by atoms with Crippen molar-refractivity contribution in [2.45, 2.75) is 328 Å². The van der Waals surface area contributed by atoms with Gasteiger partial charge in [0.1, 0.15) is 0 Å². The normalized spacial score (nSPS) is 12.7. The highest BCUT2D eigenvalue weighted by molar-refractivity contribution is 5.76. The molecule has 0 saturated carbocycles. The summed E-state index contributed by atoms with van der Waals surface area (Å²) in [4.78, 5) is 12.3. The van der Waals surface area contributed by atoms with Gasteiger partial charge in [-0.05, 0) is 12.8 Å². The highest BCUT2D eigenvalue weighted by atomic mass is 16.3. The van der Waals surface area contributed by atoms with E-state index in [-0.39, 0.29) is 12.5 Å². The number of aliphatic hydroxyl groups is 2. The number of nitrogens with one attached hydrogen (secondary N) is 1. The molecule has 1 amide bonds. The second-order valence-electron chi connectivity index (χ2n) is 18.7. The van der Waals surface area contributed by atoms with Crippen LogP contribution < -0.4 is 5.32 Å². The first-order valence-corrected chi connectivity index (χ1v) is 26.7. The molecule has 4 heteroatoms. The van der Waals surface area contributed by atoms with Gasteiger partial charge in [0.15, 0.2) is 0 Å². The van der Waals surface area contributed by atoms with Gasteiger partial charge in [-0.3, -0.25) is 4.79 Å². The first-order valence-electron chi connectivity index (χ1n) is 26.7. The fraction of sp³-hybridized carbons (Fsp3) is 0.981. The fourth-order valence-corrected chi connectivity index (χ4v) is 8.78. The molecule has 0 aromatic heterocycles. The van der Waals surface area contributed by atoms with Crippen LogP contribution >= 0.6 is 0 Å². The van der Waals surface area contributed by atoms with E-state index in [0.717, 1.165) is 25.7 Å². The van der Waals surface area contributed by atoms with Crippen LogP contribution in [0.25, 0.3) is 0 Å². The van der Waals surface area contributed by atoms with E-state index in [9.17, 15) is 15.0 Å². The van der Waals surface area contributed by atoms with Gasteiger partial charge in [-0.15, -0.1) is 0 Å². The average molecular weight is 806 g/mol. The molecule has 0 spiro atoms. The molecule has 0 aliphatic heterocycles. The molecule has 2 atom stereocenters. The van der Waals surface area contributed by atoms with Gasteiger partial charge in [0.25, 0.3) is 0 Å². The molecule has 0 fully saturated rings. The third kappa shape index (κ3) is 46.3. The Labute approximate surface area is 359 Å². The predicted octanol–water partition coefficient (Wildman–Crippen LogP) is 17.2. The Morgan fingerprint density at radius 2 is 0.561 bits per heavy atom. The quantitative estimate of drug-likeness (QED) is 0.0536. The zero-order valence-electron chi connectivity index (χ0n) is 39.4. The van der Waals surface area contributed by atoms with Crippen molar-refractivity contribution in [2.24, 2.45) is 0 Å². The van der Waals surface area contributed by atoms with E-state index in [2.05, 4.69) is 19.2 Å². The molecule has 0 rings (SSSR count). The molecule has 0 aromatic rings. The summed E-state index contributed by atoms with van der Waals surface area (Å²) in [6.07, 6.45) is 62.8. The van der Waals surface area contributed by atoms with Crippen LogP contribution in [0.15, 0.2) is 0 Å². The summed E-state index contributed by atoms with van der Waals surface area (Å²) in [6, 6.07) is -0.527. The van der Waals surface area contributed by atoms with E-state index >= 15 is 0 Å². The second kappa shape index (κ2) is 49.8. The second-order valence-corrected chi connectivity index (χ2v) is 18.7. The summed E-state index contributed by atoms with van der Waals surface area (Å²) in [5, 5.41) is 22.9. The third-order valence-corrected chi connectivity index (χ3v) is 12.9. The van der Waals surface area contributed by atoms with E-state index in [1.807, 2.05) is 0 Å². The molecule has 0 saturated heterocycles. The molecule has 2 unspecified atom stereocenters. The molecule has 0 bridgehead atoms. The molecular formula is C53H107NO3. The summed E-state index contributed by atoms with van der Waals surface area (Å²) in [5.74, 6) is -0.0300. The van der Waals surface area contributed by atoms with Crippen molar-refractivity contribution in [1.29, 1.82) is 0 Å². The number of hydrogen-bond acceptors (Lipinski definition) is 3. The van der Waals surface area contributed by atoms with E-state index in [1.165, 1.54) is 263 Å². The standard InChI is InChI=1S/C53H107NO3/c1-3-5-7-9-11-12-13-14-15-16-17-18-19-20-21-22-23-24-25-26-27-28-29-30-31-32-33-34-35-36-37-38-39-40-41-42-43-45-47-49-53(57)54-51(50-55)52(56)48-46-44-10-8-6-4-2/h51-52,55-56H,3-50H2,1-2H3,(H,54,57). The van der Waals surface area contributed by atoms with Crippen molar-refractivity contribution in [2.75, 3.05) is 6.61 Å². The Morgan fingerprint density at radius 1 is 0.351 bits per heavy atom. The minimum absolute atomic E-state index is 0.0300. The monoisotopic (exact) mass is 806 g/mol. The summed E-state index contributed by atoms with van der Waals surface area (Å²) < 4.78 is 0. The molecule has 0 aliphatic carbocycles. The Morgan fingerprint density at radius 3 is 0.789 bits per heavy atom. The van der Waals surface area contributed by atoms with Crippen molar-refractivity contribution in [1.82, 2.24) is 5.32 Å². The largest absolute Gasteiger partial charge is 0.394 e. The van der Waals surface area contributed by atoms with Crippen LogP contribution in [0.4, 0.5) is 0 Å². The van der Waals surface area contributed by atoms with Crippen LogP contribution in [-0.4, -0.2) is 34.9 Å². The van der Waals surface area contributed by atoms with Crippen LogP contribution in [0.2, 0.25) is 0 Å². The smallest absolute Gasteiger partial charge is 0.220 e. The van der Waals surface area contributed by atoms with Crippen molar-refractivity contribution in [3.05, 3.63) is 0 Å². The minimum Gasteiger partial charge on any atom is -0.394 e. The molecule has 3 N–H and O–H groups in total. The molecule has 4 nitrogen and oxygen atoms in total. The van der Waals surface area contributed by atoms with E-state index in [0.29, 0.717) is 12.8 Å². The average Bonchev–Trinajstić information content (AvgIpc) is 3.22. The van der Waals surface area contributed by atoms with Crippen molar-refractivity contribution in [3.63, 3.8) is 0 Å². The zero-order chi connectivity index (χ0) is 41.4. The van der Waals surface area contributed by atoms with Gasteiger partial charge in [0.05, 0.1) is 18.8 Å². The van der Waals surface area contributed by atoms with E-state index < -0.39 is 12.1 Å². The van der Waals surface area contributed by atoms with Gasteiger partial charge in [0.2, 0.25) is 5.91 Å². The van der Waals surface area contributed by atoms with Gasteiger partial charge in [-0.25, -0.2) is 0 Å². The number of aliphatic hydroxyl groups excluding tert-OH is 2. The van der Waals surface area contributed by atoms with Crippen molar-refractivity contribution >= 4 is 5.91 Å². The lowest BCUT2D eigenvalue weighted by Gasteiger charge is -2.22. The Hall–Kier alpha value is -0.610. The molecule has 0 aliphatic rings. The van der Waals surface area contributed by atoms with Crippen molar-refractivity contribution in [3.8, 4) is 0 Å². The number of rotatable bonds is 50. The molecule has 342 valence electrons. The molecule has 0 heterocycles. The van der Waals surface area contributed by atoms with Crippen LogP contribution in [0.5, 0.6) is 0 Å². The summed E-state index contributed by atoms with van der Waals surface area (Å²) >= 11 is 0. The summed E-state index contributed by atoms with van der Waals surface area (Å²) in [7, 11) is 0. The first-order chi connectivity index (χ1) is 28.2. The number of carbonyl (C=O) groups is 1. The molecular weight excluding hydrogens is 699 g/mol. The third-order valence-electron chi connectivity index (χ3n) is 12.9. The zero-order valence-corrected chi connectivity index (χ0v) is 39.4. The maximum Gasteiger partial charge on any atom is 0.220 e. The molecule has 0 radical (unpaired) electrons. The maximum absolute atomic E-state index is 12.3. The SMILES string of the molecule is CCCCCCCCCCCCCCCCCCCCCCCCCCCCCCCCCCCCCCCCCC(=O)NC(CO)C(O)CCCCCCCC. The molecule has 57 heavy (non-hydrogen) atoms. The van der Waals surface area contributed by atoms with Gasteiger partial charge in [-0.1, -0.05) is 296 Å². The number of carbonyl (C=O) groups excluding carboxylic acids is 1. The van der Waals surface area contributed by atoms with Gasteiger partial charge in [-0.2, -0.15) is 0 Å². The highest BCUT2D eigenvalue weighted by Gasteiger charge is 2.20. The Bertz CT molecular complexity index is 744. The van der Waals surface area contributed by atoms with Crippen LogP contribution in [0, 0.1) is 0 Å². The van der Waals surface area contributed by atoms with E-state index in [4.69, 9.17) is 0 Å². The van der Waals surface area contributed by atoms with Gasteiger partial charge >= 0.3 is 0 Å². The highest BCUT2D eigenvalue weighted by Crippen LogP contribution is 2.18. The fourth-order valence-electron chi connectivity index (χ4n) is 8.78. The van der Waals surface area contributed by atoms with Crippen molar-refractivity contribution < 1.29 is 15.0 Å². The van der Waals surface area contributed by atoms with Gasteiger partial charge < -0.3 is 15.5 Å².